The van der Waals surface area contributed by atoms with Gasteiger partial charge in [0.1, 0.15) is 0 Å². The average molecular weight is 507 g/mol. The molecule has 1 fully saturated rings. The number of halogens is 6. The molecule has 1 aliphatic heterocycles. The van der Waals surface area contributed by atoms with Gasteiger partial charge >= 0.3 is 6.18 Å². The molecule has 1 aliphatic rings. The molecular formula is C23H25Cl3F3N3. The van der Waals surface area contributed by atoms with Crippen LogP contribution < -0.4 is 4.90 Å². The number of anilines is 1. The van der Waals surface area contributed by atoms with E-state index in [1.54, 1.807) is 6.07 Å². The van der Waals surface area contributed by atoms with Gasteiger partial charge in [0.2, 0.25) is 0 Å². The van der Waals surface area contributed by atoms with E-state index in [0.717, 1.165) is 42.4 Å². The summed E-state index contributed by atoms with van der Waals surface area (Å²) in [5.41, 5.74) is 3.40. The van der Waals surface area contributed by atoms with Crippen LogP contribution in [0.2, 0.25) is 0 Å². The molecule has 32 heavy (non-hydrogen) atoms. The fraction of sp³-hybridized carbons (Fsp3) is 0.261. The lowest BCUT2D eigenvalue weighted by Crippen LogP contribution is -2.46. The molecule has 0 spiro atoms. The molecule has 0 amide bonds. The van der Waals surface area contributed by atoms with Crippen molar-refractivity contribution in [2.75, 3.05) is 31.1 Å². The standard InChI is InChI=1S/C23H22F3N3.3ClH/c24-23(25,26)21-7-4-8-22(14-21)29-11-9-28(10-12-29)17-18-13-20(16-27-15-18)19-5-2-1-3-6-19;;;/h1-8,13-16H,9-12,17H2;3*1H. The maximum Gasteiger partial charge on any atom is 0.416 e. The third-order valence-corrected chi connectivity index (χ3v) is 5.22. The SMILES string of the molecule is Cl.Cl.Cl.FC(F)(F)c1cccc(N2CCN(Cc3cncc(-c4ccccc4)c3)CC2)c1. The number of hydrogen-bond donors (Lipinski definition) is 0. The number of alkyl halides is 3. The van der Waals surface area contributed by atoms with Crippen molar-refractivity contribution in [1.29, 1.82) is 0 Å². The van der Waals surface area contributed by atoms with Crippen LogP contribution in [0.5, 0.6) is 0 Å². The minimum Gasteiger partial charge on any atom is -0.369 e. The van der Waals surface area contributed by atoms with E-state index < -0.39 is 11.7 Å². The summed E-state index contributed by atoms with van der Waals surface area (Å²) < 4.78 is 38.9. The molecule has 9 heteroatoms. The highest BCUT2D eigenvalue weighted by molar-refractivity contribution is 5.86. The molecule has 0 atom stereocenters. The Bertz CT molecular complexity index is 963. The van der Waals surface area contributed by atoms with E-state index in [1.165, 1.54) is 12.1 Å². The zero-order valence-electron chi connectivity index (χ0n) is 17.2. The van der Waals surface area contributed by atoms with Crippen molar-refractivity contribution in [2.45, 2.75) is 12.7 Å². The number of nitrogens with zero attached hydrogens (tertiary/aromatic N) is 3. The van der Waals surface area contributed by atoms with Crippen molar-refractivity contribution in [3.8, 4) is 11.1 Å². The first-order chi connectivity index (χ1) is 14.0. The predicted molar refractivity (Wildman–Crippen MR) is 130 cm³/mol. The van der Waals surface area contributed by atoms with Gasteiger partial charge in [-0.2, -0.15) is 13.2 Å². The van der Waals surface area contributed by atoms with Gasteiger partial charge in [0.05, 0.1) is 5.56 Å². The zero-order valence-corrected chi connectivity index (χ0v) is 19.6. The molecule has 2 heterocycles. The van der Waals surface area contributed by atoms with Crippen LogP contribution in [-0.2, 0) is 12.7 Å². The lowest BCUT2D eigenvalue weighted by atomic mass is 10.1. The lowest BCUT2D eigenvalue weighted by molar-refractivity contribution is -0.137. The maximum atomic E-state index is 13.0. The van der Waals surface area contributed by atoms with E-state index in [9.17, 15) is 13.2 Å². The van der Waals surface area contributed by atoms with Gasteiger partial charge < -0.3 is 4.90 Å². The highest BCUT2D eigenvalue weighted by Crippen LogP contribution is 2.32. The fourth-order valence-corrected chi connectivity index (χ4v) is 3.66. The maximum absolute atomic E-state index is 13.0. The van der Waals surface area contributed by atoms with Crippen LogP contribution in [0.25, 0.3) is 11.1 Å². The van der Waals surface area contributed by atoms with E-state index in [0.29, 0.717) is 18.8 Å². The third kappa shape index (κ3) is 7.01. The average Bonchev–Trinajstić information content (AvgIpc) is 2.75. The second-order valence-corrected chi connectivity index (χ2v) is 7.26. The third-order valence-electron chi connectivity index (χ3n) is 5.22. The van der Waals surface area contributed by atoms with E-state index in [1.807, 2.05) is 35.5 Å². The Hall–Kier alpha value is -1.99. The van der Waals surface area contributed by atoms with Crippen LogP contribution >= 0.6 is 37.2 Å². The van der Waals surface area contributed by atoms with Crippen LogP contribution in [0.1, 0.15) is 11.1 Å². The molecule has 3 aromatic rings. The van der Waals surface area contributed by atoms with Crippen molar-refractivity contribution in [1.82, 2.24) is 9.88 Å². The Balaban J connectivity index is 0.00000171. The minimum atomic E-state index is -4.31. The first-order valence-corrected chi connectivity index (χ1v) is 9.63. The molecule has 174 valence electrons. The number of benzene rings is 2. The first kappa shape index (κ1) is 28.0. The highest BCUT2D eigenvalue weighted by Gasteiger charge is 2.31. The Morgan fingerprint density at radius 2 is 1.44 bits per heavy atom. The Labute approximate surface area is 204 Å². The van der Waals surface area contributed by atoms with Gasteiger partial charge in [0.25, 0.3) is 0 Å². The van der Waals surface area contributed by atoms with Crippen molar-refractivity contribution in [3.05, 3.63) is 84.2 Å². The van der Waals surface area contributed by atoms with Crippen LogP contribution in [0, 0.1) is 0 Å². The summed E-state index contributed by atoms with van der Waals surface area (Å²) in [4.78, 5) is 8.71. The largest absolute Gasteiger partial charge is 0.416 e. The number of rotatable bonds is 4. The molecule has 0 aliphatic carbocycles. The quantitative estimate of drug-likeness (QED) is 0.411. The summed E-state index contributed by atoms with van der Waals surface area (Å²) in [5, 5.41) is 0. The van der Waals surface area contributed by atoms with Gasteiger partial charge in [0.15, 0.2) is 0 Å². The van der Waals surface area contributed by atoms with Gasteiger partial charge in [-0.1, -0.05) is 36.4 Å². The number of pyridine rings is 1. The van der Waals surface area contributed by atoms with Gasteiger partial charge in [-0.3, -0.25) is 9.88 Å². The molecule has 3 nitrogen and oxygen atoms in total. The highest BCUT2D eigenvalue weighted by atomic mass is 35.5. The van der Waals surface area contributed by atoms with E-state index in [2.05, 4.69) is 28.1 Å². The van der Waals surface area contributed by atoms with Gasteiger partial charge in [-0.05, 0) is 35.4 Å². The fourth-order valence-electron chi connectivity index (χ4n) is 3.66. The topological polar surface area (TPSA) is 19.4 Å². The van der Waals surface area contributed by atoms with E-state index >= 15 is 0 Å². The van der Waals surface area contributed by atoms with Gasteiger partial charge in [-0.15, -0.1) is 37.2 Å². The van der Waals surface area contributed by atoms with Gasteiger partial charge in [-0.25, -0.2) is 0 Å². The first-order valence-electron chi connectivity index (χ1n) is 9.63. The van der Waals surface area contributed by atoms with E-state index in [4.69, 9.17) is 0 Å². The van der Waals surface area contributed by atoms with Gasteiger partial charge in [0, 0.05) is 56.4 Å². The Morgan fingerprint density at radius 1 is 0.750 bits per heavy atom. The summed E-state index contributed by atoms with van der Waals surface area (Å²) in [5.74, 6) is 0. The molecule has 0 saturated carbocycles. The molecule has 0 unspecified atom stereocenters. The summed E-state index contributed by atoms with van der Waals surface area (Å²) in [6.45, 7) is 3.78. The second-order valence-electron chi connectivity index (χ2n) is 7.26. The number of aromatic nitrogens is 1. The summed E-state index contributed by atoms with van der Waals surface area (Å²) in [7, 11) is 0. The monoisotopic (exact) mass is 505 g/mol. The van der Waals surface area contributed by atoms with Crippen LogP contribution in [-0.4, -0.2) is 36.1 Å². The lowest BCUT2D eigenvalue weighted by Gasteiger charge is -2.36. The summed E-state index contributed by atoms with van der Waals surface area (Å²) >= 11 is 0. The summed E-state index contributed by atoms with van der Waals surface area (Å²) in [6, 6.07) is 17.9. The van der Waals surface area contributed by atoms with Crippen molar-refractivity contribution < 1.29 is 13.2 Å². The molecule has 1 saturated heterocycles. The molecule has 0 radical (unpaired) electrons. The van der Waals surface area contributed by atoms with Crippen LogP contribution in [0.3, 0.4) is 0 Å². The Morgan fingerprint density at radius 3 is 2.09 bits per heavy atom. The normalized spacial score (nSPS) is 14.0. The second kappa shape index (κ2) is 12.3. The minimum absolute atomic E-state index is 0. The van der Waals surface area contributed by atoms with Crippen molar-refractivity contribution in [3.63, 3.8) is 0 Å². The molecule has 4 rings (SSSR count). The molecule has 1 aromatic heterocycles. The van der Waals surface area contributed by atoms with Crippen LogP contribution in [0.15, 0.2) is 73.1 Å². The molecule has 2 aromatic carbocycles. The number of piperazine rings is 1. The van der Waals surface area contributed by atoms with Crippen LogP contribution in [0.4, 0.5) is 18.9 Å². The summed E-state index contributed by atoms with van der Waals surface area (Å²) in [6.07, 6.45) is -0.565. The van der Waals surface area contributed by atoms with Crippen molar-refractivity contribution >= 4 is 42.9 Å². The molecule has 0 N–H and O–H groups in total. The number of hydrogen-bond acceptors (Lipinski definition) is 3. The zero-order chi connectivity index (χ0) is 20.3. The molecular weight excluding hydrogens is 482 g/mol. The van der Waals surface area contributed by atoms with E-state index in [-0.39, 0.29) is 37.2 Å². The van der Waals surface area contributed by atoms with Crippen molar-refractivity contribution in [2.24, 2.45) is 0 Å². The predicted octanol–water partition coefficient (Wildman–Crippen LogP) is 6.36. The smallest absolute Gasteiger partial charge is 0.369 e. The Kier molecular flexibility index (Phi) is 10.8. The molecule has 0 bridgehead atoms.